The summed E-state index contributed by atoms with van der Waals surface area (Å²) in [6.45, 7) is 2.27. The molecule has 0 amide bonds. The molecule has 0 aliphatic heterocycles. The average molecular weight is 372 g/mol. The second-order valence-electron chi connectivity index (χ2n) is 8.04. The first kappa shape index (κ1) is 20.0. The van der Waals surface area contributed by atoms with Gasteiger partial charge in [-0.3, -0.25) is 0 Å². The van der Waals surface area contributed by atoms with Crippen LogP contribution in [0.4, 0.5) is 8.78 Å². The zero-order chi connectivity index (χ0) is 19.1. The van der Waals surface area contributed by atoms with Crippen LogP contribution in [0.15, 0.2) is 36.4 Å². The summed E-state index contributed by atoms with van der Waals surface area (Å²) in [5.74, 6) is 0.175. The molecule has 146 valence electrons. The van der Waals surface area contributed by atoms with Gasteiger partial charge in [-0.25, -0.2) is 0 Å². The summed E-state index contributed by atoms with van der Waals surface area (Å²) in [6, 6.07) is 11.5. The Morgan fingerprint density at radius 2 is 1.63 bits per heavy atom. The zero-order valence-corrected chi connectivity index (χ0v) is 16.4. The summed E-state index contributed by atoms with van der Waals surface area (Å²) in [5.41, 5.74) is 3.11. The fourth-order valence-corrected chi connectivity index (χ4v) is 4.33. The maximum Gasteiger partial charge on any atom is 0.218 e. The minimum absolute atomic E-state index is 0.474. The lowest BCUT2D eigenvalue weighted by atomic mass is 9.77. The standard InChI is InChI=1S/C24H31F2N/c1-2-3-4-5-18-6-11-20(12-7-18)21-13-8-19(9-14-21)10-15-22-16-17-23(25)27-24(22)26/h8-9,13-14,16-18,20H,2-7,10-12,15H2,1H3. The second kappa shape index (κ2) is 9.96. The van der Waals surface area contributed by atoms with Gasteiger partial charge in [0.25, 0.3) is 0 Å². The number of hydrogen-bond donors (Lipinski definition) is 0. The molecule has 0 unspecified atom stereocenters. The van der Waals surface area contributed by atoms with Crippen LogP contribution in [0.3, 0.4) is 0 Å². The van der Waals surface area contributed by atoms with Crippen LogP contribution in [0.1, 0.15) is 80.9 Å². The Labute approximate surface area is 162 Å². The van der Waals surface area contributed by atoms with E-state index >= 15 is 0 Å². The predicted octanol–water partition coefficient (Wildman–Crippen LogP) is 7.00. The van der Waals surface area contributed by atoms with Crippen LogP contribution in [0, 0.1) is 17.8 Å². The smallest absolute Gasteiger partial charge is 0.190 e. The summed E-state index contributed by atoms with van der Waals surface area (Å²) < 4.78 is 26.5. The summed E-state index contributed by atoms with van der Waals surface area (Å²) >= 11 is 0. The summed E-state index contributed by atoms with van der Waals surface area (Å²) in [6.07, 6.45) is 12.1. The van der Waals surface area contributed by atoms with E-state index in [9.17, 15) is 8.78 Å². The van der Waals surface area contributed by atoms with E-state index in [0.717, 1.165) is 12.3 Å². The Kier molecular flexibility index (Phi) is 7.37. The van der Waals surface area contributed by atoms with E-state index in [4.69, 9.17) is 0 Å². The number of unbranched alkanes of at least 4 members (excludes halogenated alkanes) is 2. The van der Waals surface area contributed by atoms with Gasteiger partial charge < -0.3 is 0 Å². The van der Waals surface area contributed by atoms with Gasteiger partial charge >= 0.3 is 0 Å². The van der Waals surface area contributed by atoms with E-state index in [1.807, 2.05) is 0 Å². The van der Waals surface area contributed by atoms with Gasteiger partial charge in [-0.1, -0.05) is 56.9 Å². The molecule has 1 aromatic heterocycles. The van der Waals surface area contributed by atoms with E-state index in [-0.39, 0.29) is 0 Å². The van der Waals surface area contributed by atoms with E-state index in [1.165, 1.54) is 74.6 Å². The van der Waals surface area contributed by atoms with Gasteiger partial charge in [0.2, 0.25) is 11.9 Å². The van der Waals surface area contributed by atoms with Crippen molar-refractivity contribution in [3.63, 3.8) is 0 Å². The van der Waals surface area contributed by atoms with Crippen molar-refractivity contribution in [3.05, 3.63) is 65.0 Å². The molecule has 0 atom stereocenters. The quantitative estimate of drug-likeness (QED) is 0.359. The molecule has 1 heterocycles. The highest BCUT2D eigenvalue weighted by molar-refractivity contribution is 5.27. The number of hydrogen-bond acceptors (Lipinski definition) is 1. The van der Waals surface area contributed by atoms with Crippen LogP contribution in [0.5, 0.6) is 0 Å². The van der Waals surface area contributed by atoms with Gasteiger partial charge in [-0.15, -0.1) is 0 Å². The average Bonchev–Trinajstić information content (AvgIpc) is 2.69. The zero-order valence-electron chi connectivity index (χ0n) is 16.4. The van der Waals surface area contributed by atoms with Crippen LogP contribution in [0.25, 0.3) is 0 Å². The molecular weight excluding hydrogens is 340 g/mol. The van der Waals surface area contributed by atoms with Crippen molar-refractivity contribution in [1.29, 1.82) is 0 Å². The van der Waals surface area contributed by atoms with Gasteiger partial charge in [0.1, 0.15) is 0 Å². The Bertz CT molecular complexity index is 703. The van der Waals surface area contributed by atoms with Gasteiger partial charge in [-0.05, 0) is 73.6 Å². The molecule has 27 heavy (non-hydrogen) atoms. The molecule has 0 bridgehead atoms. The van der Waals surface area contributed by atoms with E-state index in [1.54, 1.807) is 0 Å². The number of aromatic nitrogens is 1. The molecular formula is C24H31F2N. The molecule has 3 heteroatoms. The Morgan fingerprint density at radius 3 is 2.30 bits per heavy atom. The predicted molar refractivity (Wildman–Crippen MR) is 107 cm³/mol. The monoisotopic (exact) mass is 371 g/mol. The number of halogens is 2. The first-order chi connectivity index (χ1) is 13.2. The third-order valence-electron chi connectivity index (χ3n) is 6.09. The van der Waals surface area contributed by atoms with Crippen molar-refractivity contribution >= 4 is 0 Å². The van der Waals surface area contributed by atoms with Crippen molar-refractivity contribution in [2.24, 2.45) is 5.92 Å². The first-order valence-corrected chi connectivity index (χ1v) is 10.6. The van der Waals surface area contributed by atoms with Crippen LogP contribution in [0.2, 0.25) is 0 Å². The molecule has 0 spiro atoms. The Balaban J connectivity index is 1.47. The highest BCUT2D eigenvalue weighted by atomic mass is 19.1. The largest absolute Gasteiger partial charge is 0.218 e. The molecule has 1 aliphatic rings. The number of nitrogens with zero attached hydrogens (tertiary/aromatic N) is 1. The lowest BCUT2D eigenvalue weighted by molar-refractivity contribution is 0.303. The lowest BCUT2D eigenvalue weighted by Crippen LogP contribution is -2.13. The number of rotatable bonds is 8. The summed E-state index contributed by atoms with van der Waals surface area (Å²) in [4.78, 5) is 3.26. The fourth-order valence-electron chi connectivity index (χ4n) is 4.33. The molecule has 1 aromatic carbocycles. The highest BCUT2D eigenvalue weighted by Gasteiger charge is 2.21. The van der Waals surface area contributed by atoms with E-state index in [0.29, 0.717) is 17.9 Å². The second-order valence-corrected chi connectivity index (χ2v) is 8.04. The molecule has 1 saturated carbocycles. The summed E-state index contributed by atoms with van der Waals surface area (Å²) in [7, 11) is 0. The summed E-state index contributed by atoms with van der Waals surface area (Å²) in [5, 5.41) is 0. The van der Waals surface area contributed by atoms with Crippen LogP contribution in [-0.4, -0.2) is 4.98 Å². The molecule has 1 nitrogen and oxygen atoms in total. The van der Waals surface area contributed by atoms with Gasteiger partial charge in [0.05, 0.1) is 0 Å². The number of aryl methyl sites for hydroxylation is 2. The van der Waals surface area contributed by atoms with E-state index in [2.05, 4.69) is 36.2 Å². The molecule has 1 aliphatic carbocycles. The molecule has 0 saturated heterocycles. The minimum atomic E-state index is -0.763. The first-order valence-electron chi connectivity index (χ1n) is 10.6. The maximum atomic E-state index is 13.6. The van der Waals surface area contributed by atoms with Crippen molar-refractivity contribution in [2.75, 3.05) is 0 Å². The highest BCUT2D eigenvalue weighted by Crippen LogP contribution is 2.37. The molecule has 0 radical (unpaired) electrons. The molecule has 0 N–H and O–H groups in total. The van der Waals surface area contributed by atoms with Crippen LogP contribution in [-0.2, 0) is 12.8 Å². The number of pyridine rings is 1. The van der Waals surface area contributed by atoms with Crippen molar-refractivity contribution < 1.29 is 8.78 Å². The van der Waals surface area contributed by atoms with E-state index < -0.39 is 11.9 Å². The van der Waals surface area contributed by atoms with Crippen molar-refractivity contribution in [2.45, 2.75) is 77.0 Å². The minimum Gasteiger partial charge on any atom is -0.190 e. The van der Waals surface area contributed by atoms with Crippen molar-refractivity contribution in [3.8, 4) is 0 Å². The lowest BCUT2D eigenvalue weighted by Gasteiger charge is -2.29. The third-order valence-corrected chi connectivity index (χ3v) is 6.09. The molecule has 2 aromatic rings. The SMILES string of the molecule is CCCCCC1CCC(c2ccc(CCc3ccc(F)nc3F)cc2)CC1. The van der Waals surface area contributed by atoms with Crippen molar-refractivity contribution in [1.82, 2.24) is 4.98 Å². The normalized spacial score (nSPS) is 20.0. The fraction of sp³-hybridized carbons (Fsp3) is 0.542. The van der Waals surface area contributed by atoms with Gasteiger partial charge in [0.15, 0.2) is 0 Å². The van der Waals surface area contributed by atoms with Gasteiger partial charge in [0, 0.05) is 5.56 Å². The van der Waals surface area contributed by atoms with Crippen LogP contribution < -0.4 is 0 Å². The Morgan fingerprint density at radius 1 is 0.889 bits per heavy atom. The molecule has 1 fully saturated rings. The number of benzene rings is 1. The van der Waals surface area contributed by atoms with Crippen LogP contribution >= 0.6 is 0 Å². The maximum absolute atomic E-state index is 13.6. The Hall–Kier alpha value is -1.77. The topological polar surface area (TPSA) is 12.9 Å². The van der Waals surface area contributed by atoms with Gasteiger partial charge in [-0.2, -0.15) is 13.8 Å². The third kappa shape index (κ3) is 5.85. The molecule has 3 rings (SSSR count).